The Balaban J connectivity index is 1.74. The van der Waals surface area contributed by atoms with E-state index >= 15 is 0 Å². The monoisotopic (exact) mass is 300 g/mol. The lowest BCUT2D eigenvalue weighted by Gasteiger charge is -2.11. The number of carbonyl (C=O) groups excluding carboxylic acids is 1. The summed E-state index contributed by atoms with van der Waals surface area (Å²) in [5.74, 6) is -0.401. The molecule has 2 aromatic heterocycles. The van der Waals surface area contributed by atoms with Gasteiger partial charge in [0.05, 0.1) is 17.9 Å². The van der Waals surface area contributed by atoms with Crippen LogP contribution in [0.2, 0.25) is 0 Å². The first-order valence-electron chi connectivity index (χ1n) is 6.67. The number of rotatable bonds is 5. The van der Waals surface area contributed by atoms with E-state index < -0.39 is 5.91 Å². The number of carbonyl (C=O) groups is 1. The van der Waals surface area contributed by atoms with Gasteiger partial charge >= 0.3 is 0 Å². The largest absolute Gasteiger partial charge is 0.375 e. The molecule has 0 aliphatic heterocycles. The average Bonchev–Trinajstić information content (AvgIpc) is 3.04. The van der Waals surface area contributed by atoms with Gasteiger partial charge in [-0.2, -0.15) is 5.10 Å². The number of aromatic nitrogens is 2. The van der Waals surface area contributed by atoms with Crippen molar-refractivity contribution in [1.29, 1.82) is 0 Å². The Morgan fingerprint density at radius 3 is 3.05 bits per heavy atom. The molecule has 1 atom stereocenters. The Morgan fingerprint density at radius 2 is 2.29 bits per heavy atom. The van der Waals surface area contributed by atoms with Gasteiger partial charge in [-0.05, 0) is 24.4 Å². The average molecular weight is 300 g/mol. The lowest BCUT2D eigenvalue weighted by molar-refractivity contribution is -0.118. The molecule has 3 aromatic rings. The number of nitrogens with two attached hydrogens (primary N) is 1. The third kappa shape index (κ3) is 3.05. The molecule has 2 heterocycles. The number of nitrogens with one attached hydrogen (secondary N) is 1. The van der Waals surface area contributed by atoms with Crippen LogP contribution in [0.5, 0.6) is 0 Å². The van der Waals surface area contributed by atoms with Crippen LogP contribution in [0.1, 0.15) is 17.8 Å². The molecule has 0 bridgehead atoms. The number of thiophene rings is 1. The first kappa shape index (κ1) is 13.6. The molecule has 1 amide bonds. The van der Waals surface area contributed by atoms with Gasteiger partial charge in [-0.15, -0.1) is 11.3 Å². The van der Waals surface area contributed by atoms with Crippen molar-refractivity contribution in [2.75, 3.05) is 5.32 Å². The predicted octanol–water partition coefficient (Wildman–Crippen LogP) is 2.76. The molecule has 5 nitrogen and oxygen atoms in total. The van der Waals surface area contributed by atoms with Crippen LogP contribution in [0, 0.1) is 0 Å². The SMILES string of the molecule is CC(Nc1cnn(CC(N)=O)c1)c1cc2ccccc2s1. The van der Waals surface area contributed by atoms with Gasteiger partial charge in [-0.1, -0.05) is 18.2 Å². The third-order valence-electron chi connectivity index (χ3n) is 3.21. The van der Waals surface area contributed by atoms with E-state index in [-0.39, 0.29) is 12.6 Å². The summed E-state index contributed by atoms with van der Waals surface area (Å²) in [6.07, 6.45) is 3.49. The molecule has 0 fully saturated rings. The fourth-order valence-electron chi connectivity index (χ4n) is 2.22. The molecule has 0 saturated heterocycles. The minimum absolute atomic E-state index is 0.0962. The van der Waals surface area contributed by atoms with Crippen LogP contribution >= 0.6 is 11.3 Å². The van der Waals surface area contributed by atoms with E-state index in [0.29, 0.717) is 0 Å². The highest BCUT2D eigenvalue weighted by Gasteiger charge is 2.10. The van der Waals surface area contributed by atoms with Gasteiger partial charge in [0.2, 0.25) is 5.91 Å². The zero-order valence-electron chi connectivity index (χ0n) is 11.6. The van der Waals surface area contributed by atoms with Crippen LogP contribution in [0.4, 0.5) is 5.69 Å². The van der Waals surface area contributed by atoms with Crippen molar-refractivity contribution in [2.45, 2.75) is 19.5 Å². The van der Waals surface area contributed by atoms with Gasteiger partial charge in [-0.25, -0.2) is 0 Å². The van der Waals surface area contributed by atoms with Gasteiger partial charge in [0.25, 0.3) is 0 Å². The number of anilines is 1. The Kier molecular flexibility index (Phi) is 3.62. The molecule has 1 unspecified atom stereocenters. The smallest absolute Gasteiger partial charge is 0.239 e. The first-order chi connectivity index (χ1) is 10.1. The second-order valence-electron chi connectivity index (χ2n) is 4.95. The maximum atomic E-state index is 10.9. The zero-order chi connectivity index (χ0) is 14.8. The molecule has 3 N–H and O–H groups in total. The van der Waals surface area contributed by atoms with Crippen LogP contribution < -0.4 is 11.1 Å². The summed E-state index contributed by atoms with van der Waals surface area (Å²) >= 11 is 1.78. The number of fused-ring (bicyclic) bond motifs is 1. The van der Waals surface area contributed by atoms with Gasteiger partial charge in [0, 0.05) is 15.8 Å². The van der Waals surface area contributed by atoms with E-state index in [4.69, 9.17) is 5.73 Å². The van der Waals surface area contributed by atoms with Gasteiger partial charge in [-0.3, -0.25) is 9.48 Å². The van der Waals surface area contributed by atoms with E-state index in [1.165, 1.54) is 19.6 Å². The molecule has 0 radical (unpaired) electrons. The predicted molar refractivity (Wildman–Crippen MR) is 85.3 cm³/mol. The van der Waals surface area contributed by atoms with Crippen molar-refractivity contribution in [2.24, 2.45) is 5.73 Å². The number of benzene rings is 1. The fourth-order valence-corrected chi connectivity index (χ4v) is 3.29. The molecule has 6 heteroatoms. The van der Waals surface area contributed by atoms with Gasteiger partial charge in [0.15, 0.2) is 0 Å². The zero-order valence-corrected chi connectivity index (χ0v) is 12.4. The van der Waals surface area contributed by atoms with Crippen LogP contribution in [-0.2, 0) is 11.3 Å². The van der Waals surface area contributed by atoms with Gasteiger partial charge < -0.3 is 11.1 Å². The Labute approximate surface area is 126 Å². The molecule has 3 rings (SSSR count). The lowest BCUT2D eigenvalue weighted by atomic mass is 10.2. The van der Waals surface area contributed by atoms with E-state index in [2.05, 4.69) is 41.6 Å². The van der Waals surface area contributed by atoms with Crippen molar-refractivity contribution in [3.63, 3.8) is 0 Å². The summed E-state index contributed by atoms with van der Waals surface area (Å²) in [7, 11) is 0. The molecule has 21 heavy (non-hydrogen) atoms. The van der Waals surface area contributed by atoms with Crippen LogP contribution in [-0.4, -0.2) is 15.7 Å². The normalized spacial score (nSPS) is 12.4. The Bertz CT molecular complexity index is 744. The highest BCUT2D eigenvalue weighted by molar-refractivity contribution is 7.19. The number of hydrogen-bond acceptors (Lipinski definition) is 4. The fraction of sp³-hybridized carbons (Fsp3) is 0.200. The minimum atomic E-state index is -0.401. The quantitative estimate of drug-likeness (QED) is 0.761. The molecular formula is C15H16N4OS. The molecule has 0 aliphatic rings. The standard InChI is InChI=1S/C15H16N4OS/c1-10(14-6-11-4-2-3-5-13(11)21-14)18-12-7-17-19(8-12)9-15(16)20/h2-8,10,18H,9H2,1H3,(H2,16,20). The van der Waals surface area contributed by atoms with Gasteiger partial charge in [0.1, 0.15) is 6.54 Å². The van der Waals surface area contributed by atoms with Crippen LogP contribution in [0.15, 0.2) is 42.7 Å². The van der Waals surface area contributed by atoms with Crippen molar-refractivity contribution in [3.05, 3.63) is 47.6 Å². The first-order valence-corrected chi connectivity index (χ1v) is 7.49. The van der Waals surface area contributed by atoms with E-state index in [0.717, 1.165) is 5.69 Å². The molecule has 1 aromatic carbocycles. The summed E-state index contributed by atoms with van der Waals surface area (Å²) in [6.45, 7) is 2.20. The summed E-state index contributed by atoms with van der Waals surface area (Å²) in [5, 5.41) is 8.75. The molecule has 0 spiro atoms. The second-order valence-corrected chi connectivity index (χ2v) is 6.06. The summed E-state index contributed by atoms with van der Waals surface area (Å²) in [4.78, 5) is 12.1. The van der Waals surface area contributed by atoms with Crippen molar-refractivity contribution >= 4 is 33.0 Å². The van der Waals surface area contributed by atoms with Crippen molar-refractivity contribution in [3.8, 4) is 0 Å². The van der Waals surface area contributed by atoms with E-state index in [1.807, 2.05) is 6.07 Å². The maximum Gasteiger partial charge on any atom is 0.239 e. The summed E-state index contributed by atoms with van der Waals surface area (Å²) in [6, 6.07) is 10.7. The minimum Gasteiger partial charge on any atom is -0.375 e. The maximum absolute atomic E-state index is 10.9. The Hall–Kier alpha value is -2.34. The number of primary amides is 1. The molecular weight excluding hydrogens is 284 g/mol. The summed E-state index contributed by atoms with van der Waals surface area (Å²) < 4.78 is 2.81. The van der Waals surface area contributed by atoms with Crippen LogP contribution in [0.25, 0.3) is 10.1 Å². The second kappa shape index (κ2) is 5.57. The highest BCUT2D eigenvalue weighted by atomic mass is 32.1. The number of nitrogens with zero attached hydrogens (tertiary/aromatic N) is 2. The van der Waals surface area contributed by atoms with E-state index in [9.17, 15) is 4.79 Å². The molecule has 108 valence electrons. The van der Waals surface area contributed by atoms with Crippen molar-refractivity contribution < 1.29 is 4.79 Å². The Morgan fingerprint density at radius 1 is 1.48 bits per heavy atom. The van der Waals surface area contributed by atoms with E-state index in [1.54, 1.807) is 23.7 Å². The number of hydrogen-bond donors (Lipinski definition) is 2. The molecule has 0 saturated carbocycles. The highest BCUT2D eigenvalue weighted by Crippen LogP contribution is 2.31. The topological polar surface area (TPSA) is 72.9 Å². The van der Waals surface area contributed by atoms with Crippen LogP contribution in [0.3, 0.4) is 0 Å². The van der Waals surface area contributed by atoms with Crippen molar-refractivity contribution in [1.82, 2.24) is 9.78 Å². The lowest BCUT2D eigenvalue weighted by Crippen LogP contribution is -2.18. The summed E-state index contributed by atoms with van der Waals surface area (Å²) in [5.41, 5.74) is 6.03. The third-order valence-corrected chi connectivity index (χ3v) is 4.50. The molecule has 0 aliphatic carbocycles. The number of amides is 1.